The second kappa shape index (κ2) is 2.15. The van der Waals surface area contributed by atoms with Crippen LogP contribution < -0.4 is 5.54 Å². The molecule has 0 aromatic carbocycles. The largest absolute Gasteiger partial charge is 0.210 e. The first-order valence-electron chi connectivity index (χ1n) is 1.90. The maximum atomic E-state index is 11.2. The van der Waals surface area contributed by atoms with Crippen LogP contribution in [0, 0.1) is 0 Å². The fraction of sp³-hybridized carbons (Fsp3) is 0. The molecule has 0 saturated carbocycles. The summed E-state index contributed by atoms with van der Waals surface area (Å²) in [4.78, 5) is 0. The third-order valence-corrected chi connectivity index (χ3v) is 0.576. The lowest BCUT2D eigenvalue weighted by atomic mass is 10.6. The van der Waals surface area contributed by atoms with Crippen LogP contribution in [-0.2, 0) is 0 Å². The lowest BCUT2D eigenvalue weighted by Crippen LogP contribution is -1.89. The first kappa shape index (κ1) is 4.89. The Bertz CT molecular complexity index is 153. The second-order valence-electron chi connectivity index (χ2n) is 1.06. The normalized spacial score (nSPS) is 8.62. The van der Waals surface area contributed by atoms with Crippen molar-refractivity contribution >= 4 is 5.82 Å². The Morgan fingerprint density at radius 3 is 2.88 bits per heavy atom. The van der Waals surface area contributed by atoms with E-state index in [0.717, 1.165) is 0 Å². The van der Waals surface area contributed by atoms with Gasteiger partial charge in [-0.05, 0) is 5.21 Å². The third kappa shape index (κ3) is 0.868. The SMILES string of the molecule is F[N]c1ccnnn1. The number of hydrogen-bond donors (Lipinski definition) is 0. The Hall–Kier alpha value is -1.26. The van der Waals surface area contributed by atoms with Gasteiger partial charge in [0.25, 0.3) is 0 Å². The van der Waals surface area contributed by atoms with Gasteiger partial charge in [0.15, 0.2) is 0 Å². The lowest BCUT2D eigenvalue weighted by molar-refractivity contribution is 0.392. The van der Waals surface area contributed by atoms with Crippen LogP contribution in [-0.4, -0.2) is 15.4 Å². The van der Waals surface area contributed by atoms with Crippen molar-refractivity contribution in [1.29, 1.82) is 0 Å². The van der Waals surface area contributed by atoms with Crippen LogP contribution in [0.3, 0.4) is 0 Å². The number of aromatic nitrogens is 3. The van der Waals surface area contributed by atoms with Gasteiger partial charge in [-0.15, -0.1) is 10.2 Å². The van der Waals surface area contributed by atoms with Gasteiger partial charge in [-0.3, -0.25) is 0 Å². The van der Waals surface area contributed by atoms with Crippen molar-refractivity contribution in [2.24, 2.45) is 0 Å². The minimum atomic E-state index is -0.0556. The summed E-state index contributed by atoms with van der Waals surface area (Å²) in [5.41, 5.74) is 2.26. The summed E-state index contributed by atoms with van der Waals surface area (Å²) < 4.78 is 11.2. The molecule has 1 aromatic heterocycles. The Balaban J connectivity index is 2.83. The fourth-order valence-corrected chi connectivity index (χ4v) is 0.280. The molecule has 0 N–H and O–H groups in total. The highest BCUT2D eigenvalue weighted by atomic mass is 19.2. The molecule has 1 rings (SSSR count). The van der Waals surface area contributed by atoms with Crippen LogP contribution in [0.4, 0.5) is 10.3 Å². The fourth-order valence-electron chi connectivity index (χ4n) is 0.280. The molecule has 0 atom stereocenters. The Kier molecular flexibility index (Phi) is 1.32. The second-order valence-corrected chi connectivity index (χ2v) is 1.06. The van der Waals surface area contributed by atoms with Gasteiger partial charge in [0, 0.05) is 6.07 Å². The average Bonchev–Trinajstić information content (AvgIpc) is 1.90. The maximum absolute atomic E-state index is 11.2. The Morgan fingerprint density at radius 2 is 2.50 bits per heavy atom. The van der Waals surface area contributed by atoms with Crippen LogP contribution in [0.1, 0.15) is 0 Å². The molecular weight excluding hydrogens is 111 g/mol. The van der Waals surface area contributed by atoms with E-state index in [0.29, 0.717) is 0 Å². The minimum Gasteiger partial charge on any atom is -0.139 e. The summed E-state index contributed by atoms with van der Waals surface area (Å²) in [6, 6.07) is 1.31. The van der Waals surface area contributed by atoms with E-state index in [2.05, 4.69) is 20.9 Å². The summed E-state index contributed by atoms with van der Waals surface area (Å²) in [6.07, 6.45) is 1.31. The van der Waals surface area contributed by atoms with Crippen LogP contribution >= 0.6 is 0 Å². The molecule has 0 saturated heterocycles. The van der Waals surface area contributed by atoms with E-state index in [4.69, 9.17) is 0 Å². The van der Waals surface area contributed by atoms with E-state index in [9.17, 15) is 4.48 Å². The van der Waals surface area contributed by atoms with Crippen molar-refractivity contribution in [2.75, 3.05) is 0 Å². The van der Waals surface area contributed by atoms with Gasteiger partial charge in [-0.1, -0.05) is 10.0 Å². The van der Waals surface area contributed by atoms with E-state index < -0.39 is 0 Å². The lowest BCUT2D eigenvalue weighted by Gasteiger charge is -1.82. The molecule has 8 heavy (non-hydrogen) atoms. The van der Waals surface area contributed by atoms with E-state index in [1.165, 1.54) is 12.3 Å². The topological polar surface area (TPSA) is 52.8 Å². The average molecular weight is 113 g/mol. The van der Waals surface area contributed by atoms with E-state index in [1.54, 1.807) is 0 Å². The molecule has 4 nitrogen and oxygen atoms in total. The highest BCUT2D eigenvalue weighted by Gasteiger charge is 1.88. The van der Waals surface area contributed by atoms with Gasteiger partial charge < -0.3 is 0 Å². The molecule has 5 heteroatoms. The van der Waals surface area contributed by atoms with Gasteiger partial charge in [0.1, 0.15) is 0 Å². The zero-order chi connectivity index (χ0) is 5.82. The first-order valence-corrected chi connectivity index (χ1v) is 1.90. The van der Waals surface area contributed by atoms with Gasteiger partial charge in [-0.2, -0.15) is 0 Å². The molecule has 1 radical (unpaired) electrons. The van der Waals surface area contributed by atoms with Crippen LogP contribution in [0.15, 0.2) is 12.3 Å². The number of rotatable bonds is 1. The zero-order valence-electron chi connectivity index (χ0n) is 3.82. The quantitative estimate of drug-likeness (QED) is 0.514. The summed E-state index contributed by atoms with van der Waals surface area (Å²) >= 11 is 0. The van der Waals surface area contributed by atoms with Crippen molar-refractivity contribution in [3.05, 3.63) is 12.3 Å². The molecule has 1 heterocycles. The van der Waals surface area contributed by atoms with E-state index >= 15 is 0 Å². The zero-order valence-corrected chi connectivity index (χ0v) is 3.82. The van der Waals surface area contributed by atoms with Gasteiger partial charge >= 0.3 is 0 Å². The highest BCUT2D eigenvalue weighted by Crippen LogP contribution is 1.94. The van der Waals surface area contributed by atoms with Crippen LogP contribution in [0.2, 0.25) is 0 Å². The Labute approximate surface area is 44.7 Å². The summed E-state index contributed by atoms with van der Waals surface area (Å²) in [5.74, 6) is -0.0556. The molecule has 0 bridgehead atoms. The minimum absolute atomic E-state index is 0.0556. The molecule has 1 aromatic rings. The predicted molar refractivity (Wildman–Crippen MR) is 22.7 cm³/mol. The molecular formula is C3H2FN4. The summed E-state index contributed by atoms with van der Waals surface area (Å²) in [7, 11) is 0. The Morgan fingerprint density at radius 1 is 1.62 bits per heavy atom. The molecule has 0 amide bonds. The standard InChI is InChI=1S/C3H2FN4/c4-6-3-1-2-5-8-7-3/h1-2H. The van der Waals surface area contributed by atoms with Crippen molar-refractivity contribution in [2.45, 2.75) is 0 Å². The van der Waals surface area contributed by atoms with Crippen LogP contribution in [0.25, 0.3) is 0 Å². The van der Waals surface area contributed by atoms with Gasteiger partial charge in [0.2, 0.25) is 5.82 Å². The molecule has 0 aliphatic rings. The number of nitrogens with zero attached hydrogens (tertiary/aromatic N) is 4. The molecule has 0 unspecified atom stereocenters. The first-order chi connectivity index (χ1) is 3.93. The molecule has 0 fully saturated rings. The van der Waals surface area contributed by atoms with Gasteiger partial charge in [0.05, 0.1) is 6.20 Å². The molecule has 41 valence electrons. The monoisotopic (exact) mass is 113 g/mol. The predicted octanol–water partition coefficient (Wildman–Crippen LogP) is -0.00800. The summed E-state index contributed by atoms with van der Waals surface area (Å²) in [5, 5.41) is 9.62. The number of hydrogen-bond acceptors (Lipinski definition) is 3. The van der Waals surface area contributed by atoms with E-state index in [1.807, 2.05) is 0 Å². The van der Waals surface area contributed by atoms with E-state index in [-0.39, 0.29) is 5.82 Å². The summed E-state index contributed by atoms with van der Waals surface area (Å²) in [6.45, 7) is 0. The van der Waals surface area contributed by atoms with Crippen LogP contribution in [0.5, 0.6) is 0 Å². The van der Waals surface area contributed by atoms with Crippen molar-refractivity contribution in [1.82, 2.24) is 20.9 Å². The smallest absolute Gasteiger partial charge is 0.139 e. The number of halogens is 1. The molecule has 0 aliphatic carbocycles. The molecule has 0 aliphatic heterocycles. The maximum Gasteiger partial charge on any atom is 0.210 e. The van der Waals surface area contributed by atoms with Gasteiger partial charge in [-0.25, -0.2) is 0 Å². The van der Waals surface area contributed by atoms with Crippen molar-refractivity contribution in [3.63, 3.8) is 0 Å². The highest BCUT2D eigenvalue weighted by molar-refractivity contribution is 5.17. The van der Waals surface area contributed by atoms with Crippen molar-refractivity contribution < 1.29 is 4.48 Å². The van der Waals surface area contributed by atoms with Crippen molar-refractivity contribution in [3.8, 4) is 0 Å². The third-order valence-electron chi connectivity index (χ3n) is 0.576. The molecule has 0 spiro atoms.